The molecule has 0 saturated heterocycles. The Morgan fingerprint density at radius 2 is 2.33 bits per heavy atom. The van der Waals surface area contributed by atoms with Crippen molar-refractivity contribution in [1.82, 2.24) is 0 Å². The van der Waals surface area contributed by atoms with Gasteiger partial charge in [0.15, 0.2) is 5.78 Å². The van der Waals surface area contributed by atoms with Crippen LogP contribution in [-0.4, -0.2) is 18.9 Å². The zero-order valence-corrected chi connectivity index (χ0v) is 7.29. The van der Waals surface area contributed by atoms with E-state index in [0.717, 1.165) is 5.57 Å². The molecule has 0 spiro atoms. The molecular weight excluding hydrogens is 156 g/mol. The van der Waals surface area contributed by atoms with E-state index in [-0.39, 0.29) is 17.7 Å². The minimum Gasteiger partial charge on any atom is -0.469 e. The zero-order chi connectivity index (χ0) is 9.14. The maximum absolute atomic E-state index is 11.1. The second kappa shape index (κ2) is 3.52. The maximum Gasteiger partial charge on any atom is 0.312 e. The Labute approximate surface area is 71.4 Å². The van der Waals surface area contributed by atoms with Crippen LogP contribution in [0.1, 0.15) is 19.8 Å². The standard InChI is InChI=1S/C9H12O3/c1-6-5-7(10)3-4-8(6)9(11)12-2/h5,8H,3-4H2,1-2H3/t8-/m1/s1. The average Bonchev–Trinajstić information content (AvgIpc) is 2.03. The van der Waals surface area contributed by atoms with Crippen molar-refractivity contribution >= 4 is 11.8 Å². The molecule has 0 unspecified atom stereocenters. The molecule has 0 radical (unpaired) electrons. The van der Waals surface area contributed by atoms with E-state index in [1.165, 1.54) is 13.2 Å². The van der Waals surface area contributed by atoms with Gasteiger partial charge >= 0.3 is 5.97 Å². The number of carbonyl (C=O) groups excluding carboxylic acids is 2. The lowest BCUT2D eigenvalue weighted by Crippen LogP contribution is -2.22. The predicted molar refractivity (Wildman–Crippen MR) is 43.5 cm³/mol. The first kappa shape index (κ1) is 8.97. The van der Waals surface area contributed by atoms with Crippen molar-refractivity contribution < 1.29 is 14.3 Å². The largest absolute Gasteiger partial charge is 0.469 e. The van der Waals surface area contributed by atoms with Gasteiger partial charge in [-0.05, 0) is 19.4 Å². The topological polar surface area (TPSA) is 43.4 Å². The number of ether oxygens (including phenoxy) is 1. The van der Waals surface area contributed by atoms with E-state index in [4.69, 9.17) is 0 Å². The quantitative estimate of drug-likeness (QED) is 0.550. The summed E-state index contributed by atoms with van der Waals surface area (Å²) in [5.41, 5.74) is 0.818. The van der Waals surface area contributed by atoms with Crippen LogP contribution >= 0.6 is 0 Å². The fourth-order valence-electron chi connectivity index (χ4n) is 1.39. The lowest BCUT2D eigenvalue weighted by Gasteiger charge is -2.18. The van der Waals surface area contributed by atoms with E-state index in [9.17, 15) is 9.59 Å². The lowest BCUT2D eigenvalue weighted by molar-refractivity contribution is -0.144. The van der Waals surface area contributed by atoms with Gasteiger partial charge in [-0.3, -0.25) is 9.59 Å². The van der Waals surface area contributed by atoms with Crippen LogP contribution in [0.4, 0.5) is 0 Å². The monoisotopic (exact) mass is 168 g/mol. The van der Waals surface area contributed by atoms with Gasteiger partial charge in [0.05, 0.1) is 13.0 Å². The van der Waals surface area contributed by atoms with Crippen LogP contribution < -0.4 is 0 Å². The van der Waals surface area contributed by atoms with E-state index < -0.39 is 0 Å². The number of ketones is 1. The third kappa shape index (κ3) is 1.72. The van der Waals surface area contributed by atoms with Gasteiger partial charge in [0.1, 0.15) is 0 Å². The normalized spacial score (nSPS) is 23.3. The molecule has 0 aromatic heterocycles. The highest BCUT2D eigenvalue weighted by molar-refractivity contribution is 5.93. The molecule has 66 valence electrons. The van der Waals surface area contributed by atoms with Crippen molar-refractivity contribution in [3.8, 4) is 0 Å². The van der Waals surface area contributed by atoms with Crippen molar-refractivity contribution in [2.75, 3.05) is 7.11 Å². The molecule has 0 amide bonds. The molecule has 0 heterocycles. The van der Waals surface area contributed by atoms with Crippen molar-refractivity contribution in [1.29, 1.82) is 0 Å². The first-order chi connectivity index (χ1) is 5.65. The van der Waals surface area contributed by atoms with Gasteiger partial charge in [0.25, 0.3) is 0 Å². The molecule has 1 rings (SSSR count). The van der Waals surface area contributed by atoms with Gasteiger partial charge in [-0.25, -0.2) is 0 Å². The van der Waals surface area contributed by atoms with Crippen molar-refractivity contribution in [2.24, 2.45) is 5.92 Å². The van der Waals surface area contributed by atoms with Crippen LogP contribution in [-0.2, 0) is 14.3 Å². The van der Waals surface area contributed by atoms with Gasteiger partial charge in [0.2, 0.25) is 0 Å². The van der Waals surface area contributed by atoms with E-state index in [1.807, 2.05) is 0 Å². The van der Waals surface area contributed by atoms with Gasteiger partial charge < -0.3 is 4.74 Å². The third-order valence-electron chi connectivity index (χ3n) is 2.10. The molecule has 0 saturated carbocycles. The molecule has 0 aromatic carbocycles. The van der Waals surface area contributed by atoms with Crippen LogP contribution in [0, 0.1) is 5.92 Å². The first-order valence-corrected chi connectivity index (χ1v) is 3.94. The Hall–Kier alpha value is -1.12. The number of methoxy groups -OCH3 is 1. The molecule has 3 heteroatoms. The molecule has 0 aromatic rings. The molecule has 12 heavy (non-hydrogen) atoms. The average molecular weight is 168 g/mol. The smallest absolute Gasteiger partial charge is 0.312 e. The minimum absolute atomic E-state index is 0.104. The number of carbonyl (C=O) groups is 2. The summed E-state index contributed by atoms with van der Waals surface area (Å²) in [6.07, 6.45) is 2.58. The van der Waals surface area contributed by atoms with E-state index in [0.29, 0.717) is 12.8 Å². The molecule has 0 N–H and O–H groups in total. The summed E-state index contributed by atoms with van der Waals surface area (Å²) in [4.78, 5) is 22.0. The maximum atomic E-state index is 11.1. The molecule has 0 fully saturated rings. The fourth-order valence-corrected chi connectivity index (χ4v) is 1.39. The summed E-state index contributed by atoms with van der Waals surface area (Å²) in [5, 5.41) is 0. The highest BCUT2D eigenvalue weighted by Crippen LogP contribution is 2.23. The third-order valence-corrected chi connectivity index (χ3v) is 2.10. The molecule has 3 nitrogen and oxygen atoms in total. The lowest BCUT2D eigenvalue weighted by atomic mass is 9.88. The second-order valence-electron chi connectivity index (χ2n) is 2.97. The highest BCUT2D eigenvalue weighted by atomic mass is 16.5. The van der Waals surface area contributed by atoms with Crippen molar-refractivity contribution in [3.63, 3.8) is 0 Å². The van der Waals surface area contributed by atoms with Crippen LogP contribution in [0.3, 0.4) is 0 Å². The summed E-state index contributed by atoms with van der Waals surface area (Å²) in [6.45, 7) is 1.79. The summed E-state index contributed by atoms with van der Waals surface area (Å²) in [7, 11) is 1.37. The van der Waals surface area contributed by atoms with Crippen LogP contribution in [0.2, 0.25) is 0 Å². The molecule has 0 bridgehead atoms. The Balaban J connectivity index is 2.75. The Morgan fingerprint density at radius 1 is 1.67 bits per heavy atom. The van der Waals surface area contributed by atoms with Crippen LogP contribution in [0.5, 0.6) is 0 Å². The SMILES string of the molecule is COC(=O)[C@@H]1CCC(=O)C=C1C. The number of hydrogen-bond donors (Lipinski definition) is 0. The summed E-state index contributed by atoms with van der Waals surface area (Å²) in [6, 6.07) is 0. The summed E-state index contributed by atoms with van der Waals surface area (Å²) >= 11 is 0. The summed E-state index contributed by atoms with van der Waals surface area (Å²) in [5.74, 6) is -0.336. The van der Waals surface area contributed by atoms with Crippen LogP contribution in [0.15, 0.2) is 11.6 Å². The molecular formula is C9H12O3. The highest BCUT2D eigenvalue weighted by Gasteiger charge is 2.25. The minimum atomic E-state index is -0.240. The van der Waals surface area contributed by atoms with E-state index >= 15 is 0 Å². The summed E-state index contributed by atoms with van der Waals surface area (Å²) < 4.78 is 4.60. The Kier molecular flexibility index (Phi) is 2.63. The molecule has 0 aliphatic heterocycles. The zero-order valence-electron chi connectivity index (χ0n) is 7.29. The van der Waals surface area contributed by atoms with Gasteiger partial charge in [0, 0.05) is 6.42 Å². The molecule has 1 aliphatic rings. The second-order valence-corrected chi connectivity index (χ2v) is 2.97. The predicted octanol–water partition coefficient (Wildman–Crippen LogP) is 1.08. The number of allylic oxidation sites excluding steroid dienone is 1. The fraction of sp³-hybridized carbons (Fsp3) is 0.556. The Morgan fingerprint density at radius 3 is 2.83 bits per heavy atom. The number of esters is 1. The van der Waals surface area contributed by atoms with Crippen molar-refractivity contribution in [2.45, 2.75) is 19.8 Å². The number of hydrogen-bond acceptors (Lipinski definition) is 3. The van der Waals surface area contributed by atoms with Gasteiger partial charge in [-0.15, -0.1) is 0 Å². The molecule has 1 aliphatic carbocycles. The number of rotatable bonds is 1. The van der Waals surface area contributed by atoms with Crippen molar-refractivity contribution in [3.05, 3.63) is 11.6 Å². The van der Waals surface area contributed by atoms with Crippen LogP contribution in [0.25, 0.3) is 0 Å². The van der Waals surface area contributed by atoms with E-state index in [2.05, 4.69) is 4.74 Å². The van der Waals surface area contributed by atoms with Gasteiger partial charge in [-0.2, -0.15) is 0 Å². The van der Waals surface area contributed by atoms with Gasteiger partial charge in [-0.1, -0.05) is 5.57 Å². The molecule has 1 atom stereocenters. The van der Waals surface area contributed by atoms with E-state index in [1.54, 1.807) is 6.92 Å². The first-order valence-electron chi connectivity index (χ1n) is 3.94. The Bertz CT molecular complexity index is 240.